The van der Waals surface area contributed by atoms with Gasteiger partial charge in [-0.25, -0.2) is 13.6 Å². The molecule has 7 heteroatoms. The molecular weight excluding hydrogens is 342 g/mol. The van der Waals surface area contributed by atoms with Crippen molar-refractivity contribution >= 4 is 6.09 Å². The van der Waals surface area contributed by atoms with Crippen LogP contribution in [0.5, 0.6) is 0 Å². The Hall–Kier alpha value is -1.73. The lowest BCUT2D eigenvalue weighted by molar-refractivity contribution is -0.0217. The minimum absolute atomic E-state index is 0.106. The van der Waals surface area contributed by atoms with Crippen molar-refractivity contribution in [1.29, 1.82) is 0 Å². The lowest BCUT2D eigenvalue weighted by Crippen LogP contribution is -2.56. The summed E-state index contributed by atoms with van der Waals surface area (Å²) in [6.07, 6.45) is 0.898. The average molecular weight is 370 g/mol. The van der Waals surface area contributed by atoms with Gasteiger partial charge in [0, 0.05) is 18.7 Å². The normalized spacial score (nSPS) is 20.6. The number of carbonyl (C=O) groups excluding carboxylic acids is 1. The van der Waals surface area contributed by atoms with E-state index < -0.39 is 41.5 Å². The molecule has 0 radical (unpaired) electrons. The van der Waals surface area contributed by atoms with Crippen LogP contribution in [0.4, 0.5) is 13.6 Å². The molecule has 3 atom stereocenters. The molecule has 1 amide bonds. The largest absolute Gasteiger partial charge is 0.444 e. The number of likely N-dealkylation sites (tertiary alicyclic amines) is 1. The molecule has 1 fully saturated rings. The van der Waals surface area contributed by atoms with Crippen molar-refractivity contribution in [3.05, 3.63) is 35.4 Å². The standard InChI is InChI=1S/C19H28F2N2O3/c1-19(2,3)26-18(25)23-7-5-4-6-16(23)17(24)15(22)10-12-8-13(20)11-14(21)9-12/h8-9,11,15-17,24H,4-7,10,22H2,1-3H3/t15-,16-,17+/m1/s1. The highest BCUT2D eigenvalue weighted by Gasteiger charge is 2.37. The van der Waals surface area contributed by atoms with E-state index >= 15 is 0 Å². The molecule has 0 spiro atoms. The molecule has 1 saturated heterocycles. The highest BCUT2D eigenvalue weighted by atomic mass is 19.1. The van der Waals surface area contributed by atoms with Gasteiger partial charge in [0.1, 0.15) is 17.2 Å². The number of benzene rings is 1. The first kappa shape index (κ1) is 20.6. The van der Waals surface area contributed by atoms with Gasteiger partial charge in [0.25, 0.3) is 0 Å². The first-order valence-electron chi connectivity index (χ1n) is 8.95. The van der Waals surface area contributed by atoms with Crippen LogP contribution in [0.2, 0.25) is 0 Å². The molecule has 1 aromatic rings. The number of aliphatic hydroxyl groups is 1. The topological polar surface area (TPSA) is 75.8 Å². The number of rotatable bonds is 4. The van der Waals surface area contributed by atoms with E-state index in [0.29, 0.717) is 18.5 Å². The summed E-state index contributed by atoms with van der Waals surface area (Å²) in [5.74, 6) is -1.37. The summed E-state index contributed by atoms with van der Waals surface area (Å²) in [7, 11) is 0. The molecule has 146 valence electrons. The Bertz CT molecular complexity index is 613. The van der Waals surface area contributed by atoms with Gasteiger partial charge in [0.15, 0.2) is 0 Å². The molecule has 1 aliphatic heterocycles. The summed E-state index contributed by atoms with van der Waals surface area (Å²) in [6, 6.07) is 1.94. The maximum absolute atomic E-state index is 13.3. The Balaban J connectivity index is 2.08. The Morgan fingerprint density at radius 1 is 1.31 bits per heavy atom. The van der Waals surface area contributed by atoms with Gasteiger partial charge >= 0.3 is 6.09 Å². The molecule has 0 unspecified atom stereocenters. The first-order chi connectivity index (χ1) is 12.1. The van der Waals surface area contributed by atoms with Crippen LogP contribution in [-0.2, 0) is 11.2 Å². The van der Waals surface area contributed by atoms with E-state index in [-0.39, 0.29) is 6.42 Å². The van der Waals surface area contributed by atoms with Gasteiger partial charge in [-0.3, -0.25) is 0 Å². The minimum Gasteiger partial charge on any atom is -0.444 e. The molecular formula is C19H28F2N2O3. The van der Waals surface area contributed by atoms with Gasteiger partial charge in [-0.2, -0.15) is 0 Å². The third-order valence-electron chi connectivity index (χ3n) is 4.40. The fraction of sp³-hybridized carbons (Fsp3) is 0.632. The number of nitrogens with zero attached hydrogens (tertiary/aromatic N) is 1. The predicted octanol–water partition coefficient (Wildman–Crippen LogP) is 2.99. The van der Waals surface area contributed by atoms with E-state index in [0.717, 1.165) is 18.9 Å². The van der Waals surface area contributed by atoms with Crippen molar-refractivity contribution < 1.29 is 23.4 Å². The van der Waals surface area contributed by atoms with Crippen LogP contribution >= 0.6 is 0 Å². The van der Waals surface area contributed by atoms with Crippen molar-refractivity contribution in [1.82, 2.24) is 4.90 Å². The van der Waals surface area contributed by atoms with Crippen molar-refractivity contribution in [3.8, 4) is 0 Å². The number of piperidine rings is 1. The molecule has 1 aromatic carbocycles. The lowest BCUT2D eigenvalue weighted by atomic mass is 9.91. The second-order valence-electron chi connectivity index (χ2n) is 7.87. The fourth-order valence-electron chi connectivity index (χ4n) is 3.27. The van der Waals surface area contributed by atoms with Gasteiger partial charge in [-0.15, -0.1) is 0 Å². The third kappa shape index (κ3) is 5.64. The fourth-order valence-corrected chi connectivity index (χ4v) is 3.27. The quantitative estimate of drug-likeness (QED) is 0.854. The van der Waals surface area contributed by atoms with Crippen LogP contribution in [0.3, 0.4) is 0 Å². The van der Waals surface area contributed by atoms with Crippen LogP contribution in [0, 0.1) is 11.6 Å². The highest BCUT2D eigenvalue weighted by Crippen LogP contribution is 2.24. The minimum atomic E-state index is -1.02. The van der Waals surface area contributed by atoms with E-state index in [1.54, 1.807) is 20.8 Å². The van der Waals surface area contributed by atoms with Crippen LogP contribution in [0.15, 0.2) is 18.2 Å². The zero-order chi connectivity index (χ0) is 19.5. The lowest BCUT2D eigenvalue weighted by Gasteiger charge is -2.40. The van der Waals surface area contributed by atoms with E-state index in [9.17, 15) is 18.7 Å². The number of ether oxygens (including phenoxy) is 1. The molecule has 0 aliphatic carbocycles. The molecule has 3 N–H and O–H groups in total. The van der Waals surface area contributed by atoms with E-state index in [2.05, 4.69) is 0 Å². The Labute approximate surface area is 153 Å². The molecule has 0 aromatic heterocycles. The number of amides is 1. The molecule has 26 heavy (non-hydrogen) atoms. The maximum Gasteiger partial charge on any atom is 0.410 e. The number of hydrogen-bond donors (Lipinski definition) is 2. The van der Waals surface area contributed by atoms with E-state index in [1.807, 2.05) is 0 Å². The van der Waals surface area contributed by atoms with Gasteiger partial charge in [0.2, 0.25) is 0 Å². The number of aliphatic hydroxyl groups excluding tert-OH is 1. The average Bonchev–Trinajstić information content (AvgIpc) is 2.51. The number of nitrogens with two attached hydrogens (primary N) is 1. The Kier molecular flexibility index (Phi) is 6.58. The summed E-state index contributed by atoms with van der Waals surface area (Å²) in [5.41, 5.74) is 5.83. The van der Waals surface area contributed by atoms with Gasteiger partial charge < -0.3 is 20.5 Å². The van der Waals surface area contributed by atoms with Crippen molar-refractivity contribution in [2.24, 2.45) is 5.73 Å². The molecule has 5 nitrogen and oxygen atoms in total. The zero-order valence-electron chi connectivity index (χ0n) is 15.5. The summed E-state index contributed by atoms with van der Waals surface area (Å²) in [4.78, 5) is 14.0. The number of carbonyl (C=O) groups is 1. The summed E-state index contributed by atoms with van der Waals surface area (Å²) >= 11 is 0. The van der Waals surface area contributed by atoms with Crippen molar-refractivity contribution in [2.45, 2.75) is 70.2 Å². The van der Waals surface area contributed by atoms with E-state index in [4.69, 9.17) is 10.5 Å². The Morgan fingerprint density at radius 2 is 1.92 bits per heavy atom. The molecule has 1 aliphatic rings. The van der Waals surface area contributed by atoms with Crippen LogP contribution in [0.1, 0.15) is 45.6 Å². The van der Waals surface area contributed by atoms with Gasteiger partial charge in [0.05, 0.1) is 12.1 Å². The van der Waals surface area contributed by atoms with Crippen molar-refractivity contribution in [3.63, 3.8) is 0 Å². The molecule has 0 bridgehead atoms. The second kappa shape index (κ2) is 8.31. The zero-order valence-corrected chi connectivity index (χ0v) is 15.5. The van der Waals surface area contributed by atoms with Crippen LogP contribution < -0.4 is 5.73 Å². The summed E-state index contributed by atoms with van der Waals surface area (Å²) in [6.45, 7) is 5.83. The summed E-state index contributed by atoms with van der Waals surface area (Å²) in [5, 5.41) is 10.7. The van der Waals surface area contributed by atoms with Crippen molar-refractivity contribution in [2.75, 3.05) is 6.54 Å². The van der Waals surface area contributed by atoms with Crippen LogP contribution in [-0.4, -0.2) is 46.4 Å². The SMILES string of the molecule is CC(C)(C)OC(=O)N1CCCC[C@@H]1[C@@H](O)[C@H](N)Cc1cc(F)cc(F)c1. The predicted molar refractivity (Wildman–Crippen MR) is 94.6 cm³/mol. The molecule has 0 saturated carbocycles. The van der Waals surface area contributed by atoms with E-state index in [1.165, 1.54) is 17.0 Å². The monoisotopic (exact) mass is 370 g/mol. The number of hydrogen-bond acceptors (Lipinski definition) is 4. The number of halogens is 2. The maximum atomic E-state index is 13.3. The second-order valence-corrected chi connectivity index (χ2v) is 7.87. The first-order valence-corrected chi connectivity index (χ1v) is 8.95. The molecule has 1 heterocycles. The Morgan fingerprint density at radius 3 is 2.50 bits per heavy atom. The smallest absolute Gasteiger partial charge is 0.410 e. The van der Waals surface area contributed by atoms with Gasteiger partial charge in [-0.05, 0) is 64.2 Å². The van der Waals surface area contributed by atoms with Gasteiger partial charge in [-0.1, -0.05) is 0 Å². The third-order valence-corrected chi connectivity index (χ3v) is 4.40. The van der Waals surface area contributed by atoms with Crippen LogP contribution in [0.25, 0.3) is 0 Å². The molecule has 2 rings (SSSR count). The summed E-state index contributed by atoms with van der Waals surface area (Å²) < 4.78 is 32.1. The highest BCUT2D eigenvalue weighted by molar-refractivity contribution is 5.68.